The number of hydrogen-bond acceptors (Lipinski definition) is 1. The van der Waals surface area contributed by atoms with Gasteiger partial charge in [-0.15, -0.1) is 0 Å². The van der Waals surface area contributed by atoms with E-state index in [1.165, 1.54) is 6.07 Å². The van der Waals surface area contributed by atoms with E-state index in [0.29, 0.717) is 16.6 Å². The van der Waals surface area contributed by atoms with Crippen molar-refractivity contribution in [2.45, 2.75) is 20.3 Å². The number of benzene rings is 2. The van der Waals surface area contributed by atoms with Crippen LogP contribution >= 0.6 is 15.9 Å². The van der Waals surface area contributed by atoms with E-state index < -0.39 is 0 Å². The zero-order chi connectivity index (χ0) is 14.7. The molecule has 0 fully saturated rings. The number of rotatable bonds is 3. The Kier molecular flexibility index (Phi) is 4.55. The minimum Gasteiger partial charge on any atom is -0.326 e. The van der Waals surface area contributed by atoms with Crippen LogP contribution in [0.15, 0.2) is 40.9 Å². The molecule has 0 bridgehead atoms. The summed E-state index contributed by atoms with van der Waals surface area (Å²) in [6.45, 7) is 3.98. The van der Waals surface area contributed by atoms with E-state index in [-0.39, 0.29) is 11.7 Å². The van der Waals surface area contributed by atoms with Crippen LogP contribution in [0, 0.1) is 19.7 Å². The zero-order valence-electron chi connectivity index (χ0n) is 11.3. The lowest BCUT2D eigenvalue weighted by atomic mass is 10.0. The molecular formula is C16H15BrFNO. The lowest BCUT2D eigenvalue weighted by Gasteiger charge is -2.09. The van der Waals surface area contributed by atoms with Crippen molar-refractivity contribution in [3.8, 4) is 0 Å². The molecule has 20 heavy (non-hydrogen) atoms. The van der Waals surface area contributed by atoms with Crippen LogP contribution in [0.5, 0.6) is 0 Å². The van der Waals surface area contributed by atoms with Gasteiger partial charge in [-0.25, -0.2) is 4.39 Å². The molecule has 2 aromatic rings. The number of hydrogen-bond donors (Lipinski definition) is 1. The number of aryl methyl sites for hydroxylation is 2. The van der Waals surface area contributed by atoms with Crippen LogP contribution in [-0.4, -0.2) is 5.91 Å². The Morgan fingerprint density at radius 1 is 1.20 bits per heavy atom. The molecule has 0 aromatic heterocycles. The van der Waals surface area contributed by atoms with E-state index in [4.69, 9.17) is 0 Å². The quantitative estimate of drug-likeness (QED) is 0.885. The molecule has 1 amide bonds. The van der Waals surface area contributed by atoms with Gasteiger partial charge >= 0.3 is 0 Å². The Bertz CT molecular complexity index is 655. The van der Waals surface area contributed by atoms with Crippen molar-refractivity contribution in [2.24, 2.45) is 0 Å². The van der Waals surface area contributed by atoms with Gasteiger partial charge in [0.1, 0.15) is 5.82 Å². The molecule has 2 nitrogen and oxygen atoms in total. The molecule has 0 radical (unpaired) electrons. The average Bonchev–Trinajstić information content (AvgIpc) is 2.38. The third-order valence-corrected chi connectivity index (χ3v) is 3.67. The van der Waals surface area contributed by atoms with Crippen LogP contribution in [0.25, 0.3) is 0 Å². The summed E-state index contributed by atoms with van der Waals surface area (Å²) < 4.78 is 13.5. The number of carbonyl (C=O) groups is 1. The van der Waals surface area contributed by atoms with Crippen LogP contribution in [0.2, 0.25) is 0 Å². The van der Waals surface area contributed by atoms with Gasteiger partial charge in [-0.2, -0.15) is 0 Å². The van der Waals surface area contributed by atoms with Crippen LogP contribution in [0.3, 0.4) is 0 Å². The first-order chi connectivity index (χ1) is 9.45. The maximum Gasteiger partial charge on any atom is 0.228 e. The Morgan fingerprint density at radius 3 is 2.65 bits per heavy atom. The summed E-state index contributed by atoms with van der Waals surface area (Å²) in [5.41, 5.74) is 3.80. The molecule has 2 rings (SSSR count). The van der Waals surface area contributed by atoms with Crippen LogP contribution in [0.4, 0.5) is 10.1 Å². The second-order valence-corrected chi connectivity index (χ2v) is 5.64. The summed E-state index contributed by atoms with van der Waals surface area (Å²) in [5.74, 6) is -0.463. The molecule has 1 N–H and O–H groups in total. The summed E-state index contributed by atoms with van der Waals surface area (Å²) in [5, 5.41) is 2.77. The maximum absolute atomic E-state index is 13.1. The molecule has 0 heterocycles. The highest BCUT2D eigenvalue weighted by Gasteiger charge is 2.08. The highest BCUT2D eigenvalue weighted by Crippen LogP contribution is 2.20. The van der Waals surface area contributed by atoms with Gasteiger partial charge in [0.2, 0.25) is 5.91 Å². The van der Waals surface area contributed by atoms with Crippen molar-refractivity contribution in [1.29, 1.82) is 0 Å². The molecule has 0 spiro atoms. The van der Waals surface area contributed by atoms with E-state index >= 15 is 0 Å². The minimum absolute atomic E-state index is 0.114. The highest BCUT2D eigenvalue weighted by atomic mass is 79.9. The third-order valence-electron chi connectivity index (χ3n) is 3.06. The standard InChI is InChI=1S/C16H15BrFNO/c1-10-3-4-11(2)12(7-10)8-16(20)19-13-5-6-15(18)14(17)9-13/h3-7,9H,8H2,1-2H3,(H,19,20). The number of anilines is 1. The number of halogens is 2. The van der Waals surface area contributed by atoms with E-state index in [2.05, 4.69) is 21.2 Å². The Morgan fingerprint density at radius 2 is 1.95 bits per heavy atom. The first kappa shape index (κ1) is 14.7. The molecule has 2 aromatic carbocycles. The van der Waals surface area contributed by atoms with Crippen molar-refractivity contribution >= 4 is 27.5 Å². The fourth-order valence-electron chi connectivity index (χ4n) is 1.94. The molecule has 4 heteroatoms. The monoisotopic (exact) mass is 335 g/mol. The fraction of sp³-hybridized carbons (Fsp3) is 0.188. The fourth-order valence-corrected chi connectivity index (χ4v) is 2.32. The van der Waals surface area contributed by atoms with E-state index in [9.17, 15) is 9.18 Å². The lowest BCUT2D eigenvalue weighted by Crippen LogP contribution is -2.15. The third kappa shape index (κ3) is 3.67. The van der Waals surface area contributed by atoms with Crippen LogP contribution < -0.4 is 5.32 Å². The second kappa shape index (κ2) is 6.18. The first-order valence-corrected chi connectivity index (χ1v) is 7.06. The Labute approximate surface area is 126 Å². The summed E-state index contributed by atoms with van der Waals surface area (Å²) in [6, 6.07) is 10.4. The molecule has 104 valence electrons. The highest BCUT2D eigenvalue weighted by molar-refractivity contribution is 9.10. The summed E-state index contributed by atoms with van der Waals surface area (Å²) in [4.78, 5) is 12.0. The molecule has 0 atom stereocenters. The predicted octanol–water partition coefficient (Wildman–Crippen LogP) is 4.39. The van der Waals surface area contributed by atoms with E-state index in [1.54, 1.807) is 12.1 Å². The van der Waals surface area contributed by atoms with Gasteiger partial charge in [0, 0.05) is 5.69 Å². The Hall–Kier alpha value is -1.68. The molecular weight excluding hydrogens is 321 g/mol. The van der Waals surface area contributed by atoms with E-state index in [0.717, 1.165) is 16.7 Å². The van der Waals surface area contributed by atoms with Crippen molar-refractivity contribution in [3.63, 3.8) is 0 Å². The van der Waals surface area contributed by atoms with Crippen LogP contribution in [0.1, 0.15) is 16.7 Å². The van der Waals surface area contributed by atoms with Gasteiger partial charge in [0.15, 0.2) is 0 Å². The van der Waals surface area contributed by atoms with E-state index in [1.807, 2.05) is 32.0 Å². The summed E-state index contributed by atoms with van der Waals surface area (Å²) in [7, 11) is 0. The normalized spacial score (nSPS) is 10.4. The van der Waals surface area contributed by atoms with Gasteiger partial charge in [0.25, 0.3) is 0 Å². The number of amides is 1. The average molecular weight is 336 g/mol. The van der Waals surface area contributed by atoms with Crippen molar-refractivity contribution in [1.82, 2.24) is 0 Å². The summed E-state index contributed by atoms with van der Waals surface area (Å²) in [6.07, 6.45) is 0.308. The predicted molar refractivity (Wildman–Crippen MR) is 82.3 cm³/mol. The van der Waals surface area contributed by atoms with Crippen molar-refractivity contribution in [3.05, 3.63) is 63.4 Å². The SMILES string of the molecule is Cc1ccc(C)c(CC(=O)Nc2ccc(F)c(Br)c2)c1. The van der Waals surface area contributed by atoms with Gasteiger partial charge in [-0.05, 0) is 59.1 Å². The molecule has 0 saturated heterocycles. The first-order valence-electron chi connectivity index (χ1n) is 6.27. The smallest absolute Gasteiger partial charge is 0.228 e. The Balaban J connectivity index is 2.09. The van der Waals surface area contributed by atoms with Crippen LogP contribution in [-0.2, 0) is 11.2 Å². The van der Waals surface area contributed by atoms with Gasteiger partial charge in [-0.1, -0.05) is 23.8 Å². The zero-order valence-corrected chi connectivity index (χ0v) is 12.9. The number of carbonyl (C=O) groups excluding carboxylic acids is 1. The summed E-state index contributed by atoms with van der Waals surface area (Å²) >= 11 is 3.10. The topological polar surface area (TPSA) is 29.1 Å². The maximum atomic E-state index is 13.1. The molecule has 0 aliphatic carbocycles. The van der Waals surface area contributed by atoms with Crippen molar-refractivity contribution in [2.75, 3.05) is 5.32 Å². The van der Waals surface area contributed by atoms with Gasteiger partial charge in [0.05, 0.1) is 10.9 Å². The minimum atomic E-state index is -0.350. The second-order valence-electron chi connectivity index (χ2n) is 4.78. The lowest BCUT2D eigenvalue weighted by molar-refractivity contribution is -0.115. The largest absolute Gasteiger partial charge is 0.326 e. The van der Waals surface area contributed by atoms with Gasteiger partial charge in [-0.3, -0.25) is 4.79 Å². The molecule has 0 unspecified atom stereocenters. The number of nitrogens with one attached hydrogen (secondary N) is 1. The molecule has 0 aliphatic heterocycles. The molecule has 0 aliphatic rings. The van der Waals surface area contributed by atoms with Crippen molar-refractivity contribution < 1.29 is 9.18 Å². The molecule has 0 saturated carbocycles. The van der Waals surface area contributed by atoms with Gasteiger partial charge < -0.3 is 5.32 Å².